The molecule has 1 saturated heterocycles. The molecule has 11 rings (SSSR count). The van der Waals surface area contributed by atoms with E-state index in [1.54, 1.807) is 25.1 Å². The molecule has 134 heavy (non-hydrogen) atoms. The van der Waals surface area contributed by atoms with Gasteiger partial charge in [0.25, 0.3) is 0 Å². The Hall–Kier alpha value is -14.0. The lowest BCUT2D eigenvalue weighted by molar-refractivity contribution is -0.143. The summed E-state index contributed by atoms with van der Waals surface area (Å²) in [5, 5.41) is 50.2. The molecule has 0 radical (unpaired) electrons. The Kier molecular flexibility index (Phi) is 36.4. The third-order valence-electron chi connectivity index (χ3n) is 22.8. The summed E-state index contributed by atoms with van der Waals surface area (Å²) >= 11 is 2.36. The van der Waals surface area contributed by atoms with Crippen LogP contribution in [0.1, 0.15) is 111 Å². The Morgan fingerprint density at radius 2 is 1.24 bits per heavy atom. The van der Waals surface area contributed by atoms with Crippen LogP contribution in [0.5, 0.6) is 5.75 Å². The van der Waals surface area contributed by atoms with Crippen molar-refractivity contribution in [1.29, 1.82) is 0 Å². The lowest BCUT2D eigenvalue weighted by atomic mass is 10.0. The Morgan fingerprint density at radius 3 is 1.85 bits per heavy atom. The average Bonchev–Trinajstić information content (AvgIpc) is 1.69. The van der Waals surface area contributed by atoms with E-state index >= 15 is 47.1 Å². The minimum absolute atomic E-state index is 0.0371. The number of nitrogens with two attached hydrogens (primary N) is 2. The van der Waals surface area contributed by atoms with Crippen LogP contribution >= 0.6 is 23.5 Å². The Morgan fingerprint density at radius 1 is 0.634 bits per heavy atom. The molecule has 1 unspecified atom stereocenters. The van der Waals surface area contributed by atoms with Gasteiger partial charge in [-0.2, -0.15) is 23.5 Å². The van der Waals surface area contributed by atoms with Crippen molar-refractivity contribution < 1.29 is 95.3 Å². The number of hydrogen-bond donors (Lipinski definition) is 18. The van der Waals surface area contributed by atoms with Crippen molar-refractivity contribution in [3.05, 3.63) is 191 Å². The van der Waals surface area contributed by atoms with Crippen molar-refractivity contribution in [1.82, 2.24) is 88.2 Å². The summed E-state index contributed by atoms with van der Waals surface area (Å²) < 4.78 is 45.1. The van der Waals surface area contributed by atoms with Gasteiger partial charge in [0.05, 0.1) is 31.0 Å². The summed E-state index contributed by atoms with van der Waals surface area (Å²) in [6.45, 7) is 2.14. The van der Waals surface area contributed by atoms with Gasteiger partial charge >= 0.3 is 5.97 Å². The van der Waals surface area contributed by atoms with E-state index in [0.717, 1.165) is 53.1 Å². The highest BCUT2D eigenvalue weighted by molar-refractivity contribution is 7.98. The van der Waals surface area contributed by atoms with Gasteiger partial charge in [0.2, 0.25) is 82.7 Å². The number of halogens is 3. The molecule has 8 aromatic rings. The molecule has 43 heteroatoms. The fraction of sp³-hybridized carbons (Fsp3) is 0.407. The second-order valence-corrected chi connectivity index (χ2v) is 35.0. The molecule has 5 aromatic carbocycles. The van der Waals surface area contributed by atoms with Crippen LogP contribution < -0.4 is 70.0 Å². The summed E-state index contributed by atoms with van der Waals surface area (Å²) in [6.07, 6.45) is 5.93. The molecule has 38 nitrogen and oxygen atoms in total. The number of nitrogens with one attached hydrogen (secondary N) is 14. The molecule has 20 N–H and O–H groups in total. The SMILES string of the molecule is CCC[C@H](NC(C)=O)C(=O)N[C@@H](Cc1c[nH]cn1)C(=O)N(C)[C@@H](Cc1ccc(F)cc1)C(=O)N[C@H]1CSCc2cccc(c2)CSC[C@@H](C(N)=O)NC(=O)[C@@H]2CCCN2C(=O)[C@H](Cc2ccc(O)cc2)NC(=O)[C@H](CC2C=NC=N2)NC(=O)[C@H](CC(=O)O)NC(=O)[C@H](Cc2c[nH]c3ccc(F)cc23)NC(=O)[C@H](Cc2c[nH]c3ccc(F)cc23)NC(=O)CNC(=O)[C@H](CCCCN)NC1=O. The number of phenols is 1. The number of aromatic nitrogens is 4. The van der Waals surface area contributed by atoms with Gasteiger partial charge in [-0.1, -0.05) is 61.9 Å². The predicted octanol–water partition coefficient (Wildman–Crippen LogP) is 1.75. The van der Waals surface area contributed by atoms with Gasteiger partial charge in [0.1, 0.15) is 102 Å². The fourth-order valence-corrected chi connectivity index (χ4v) is 17.9. The molecule has 3 aliphatic rings. The first kappa shape index (κ1) is 101. The van der Waals surface area contributed by atoms with Gasteiger partial charge in [-0.3, -0.25) is 76.9 Å². The number of benzene rings is 5. The molecule has 13 atom stereocenters. The predicted molar refractivity (Wildman–Crippen MR) is 491 cm³/mol. The highest BCUT2D eigenvalue weighted by Gasteiger charge is 2.43. The van der Waals surface area contributed by atoms with Gasteiger partial charge in [-0.15, -0.1) is 0 Å². The maximum atomic E-state index is 15.5. The van der Waals surface area contributed by atoms with Crippen LogP contribution in [0.3, 0.4) is 0 Å². The number of rotatable bonds is 28. The quantitative estimate of drug-likeness (QED) is 0.0311. The molecule has 712 valence electrons. The third kappa shape index (κ3) is 28.8. The standard InChI is InChI=1S/C91H108F3N21O17S2/c1-4-9-66(104-49(2)116)82(123)111-73(36-60-41-98-48-103-60)90(131)114(3)77(30-51-14-18-56(92)19-15-51)89(130)113-75-46-134-44-53-11-7-10-52(28-53)43-133-45-74(80(96)121)112-88(129)76-13-8-27-115(76)91(132)72(29-50-16-22-61(117)23-17-50)110-85(126)70(35-59-40-97-47-102-59)108-86(127)71(37-79(119)120)109-84(125)69(32-55-39-100-65-25-21-58(94)34-63(55)65)107-83(124)68(31-54-38-99-64-24-20-57(93)33-62(54)64)105-78(118)42-101-81(122)67(106-87(75)128)12-5-6-26-95/h7,10-11,14-25,28,33-34,38-41,47-48,59,66-77,99-100,117H,4-6,8-9,12-13,26-27,29-32,35-37,42-46,95H2,1-3H3,(H2,96,121)(H,98,103)(H,101,122)(H,104,116)(H,105,118)(H,106,128)(H,107,124)(H,108,127)(H,109,125)(H,110,126)(H,111,123)(H,112,129)(H,113,130)(H,119,120)/t59?,66-,67-,68-,69-,70-,71-,72-,73-,74-,75-,76-,77-/m0/s1. The first-order valence-electron chi connectivity index (χ1n) is 43.6. The number of amides is 14. The summed E-state index contributed by atoms with van der Waals surface area (Å²) in [4.78, 5) is 243. The number of carboxylic acid groups (broad SMARTS) is 1. The van der Waals surface area contributed by atoms with Crippen LogP contribution in [0.15, 0.2) is 144 Å². The Labute approximate surface area is 775 Å². The van der Waals surface area contributed by atoms with E-state index in [4.69, 9.17) is 11.5 Å². The highest BCUT2D eigenvalue weighted by Crippen LogP contribution is 2.28. The van der Waals surface area contributed by atoms with E-state index in [9.17, 15) is 48.2 Å². The summed E-state index contributed by atoms with van der Waals surface area (Å²) in [7, 11) is 1.29. The van der Waals surface area contributed by atoms with E-state index in [1.807, 2.05) is 6.07 Å². The van der Waals surface area contributed by atoms with E-state index < -0.39 is 217 Å². The smallest absolute Gasteiger partial charge is 0.305 e. The Bertz CT molecular complexity index is 5620. The van der Waals surface area contributed by atoms with Crippen LogP contribution in [0.4, 0.5) is 13.2 Å². The molecule has 14 amide bonds. The van der Waals surface area contributed by atoms with Crippen LogP contribution in [-0.2, 0) is 116 Å². The van der Waals surface area contributed by atoms with E-state index in [-0.39, 0.29) is 115 Å². The normalized spacial score (nSPS) is 21.5. The van der Waals surface area contributed by atoms with E-state index in [0.29, 0.717) is 51.8 Å². The lowest BCUT2D eigenvalue weighted by Gasteiger charge is -2.32. The number of aromatic amines is 3. The van der Waals surface area contributed by atoms with Gasteiger partial charge < -0.3 is 105 Å². The minimum atomic E-state index is -2.13. The van der Waals surface area contributed by atoms with E-state index in [2.05, 4.69) is 88.4 Å². The number of aromatic hydroxyl groups is 1. The molecular formula is C91H108F3N21O17S2. The fourth-order valence-electron chi connectivity index (χ4n) is 15.9. The summed E-state index contributed by atoms with van der Waals surface area (Å²) in [6, 6.07) is 5.27. The second-order valence-electron chi connectivity index (χ2n) is 32.9. The van der Waals surface area contributed by atoms with E-state index in [1.165, 1.54) is 117 Å². The maximum Gasteiger partial charge on any atom is 0.305 e. The van der Waals surface area contributed by atoms with Crippen LogP contribution in [-0.4, -0.2) is 258 Å². The number of unbranched alkanes of at least 4 members (excludes halogenated alkanes) is 1. The number of imidazole rings is 1. The number of carbonyl (C=O) groups excluding carboxylic acids is 14. The molecule has 0 spiro atoms. The zero-order valence-corrected chi connectivity index (χ0v) is 75.2. The minimum Gasteiger partial charge on any atom is -0.508 e. The number of phenolic OH excluding ortho intramolecular Hbond substituents is 1. The molecule has 3 aliphatic heterocycles. The maximum absolute atomic E-state index is 15.5. The van der Waals surface area contributed by atoms with Crippen LogP contribution in [0, 0.1) is 17.5 Å². The van der Waals surface area contributed by atoms with Gasteiger partial charge in [0, 0.05) is 129 Å². The number of aliphatic carboxylic acids is 1. The first-order chi connectivity index (χ1) is 64.3. The molecule has 2 bridgehead atoms. The van der Waals surface area contributed by atoms with Crippen molar-refractivity contribution in [2.24, 2.45) is 21.5 Å². The van der Waals surface area contributed by atoms with Crippen LogP contribution in [0.25, 0.3) is 21.8 Å². The number of carboxylic acids is 1. The van der Waals surface area contributed by atoms with Gasteiger partial charge in [-0.25, -0.2) is 23.1 Å². The summed E-state index contributed by atoms with van der Waals surface area (Å²) in [5.74, 6) is -17.3. The van der Waals surface area contributed by atoms with Crippen molar-refractivity contribution >= 4 is 147 Å². The number of aliphatic imine (C=N–C) groups is 2. The Balaban J connectivity index is 0.953. The largest absolute Gasteiger partial charge is 0.508 e. The molecule has 0 aliphatic carbocycles. The topological polar surface area (TPSA) is 572 Å². The van der Waals surface area contributed by atoms with Crippen molar-refractivity contribution in [2.45, 2.75) is 194 Å². The number of carbonyl (C=O) groups is 15. The summed E-state index contributed by atoms with van der Waals surface area (Å²) in [5.41, 5.74) is 15.5. The monoisotopic (exact) mass is 1890 g/mol. The number of H-pyrrole nitrogens is 3. The van der Waals surface area contributed by atoms with Gasteiger partial charge in [0.15, 0.2) is 0 Å². The second kappa shape index (κ2) is 48.4. The average molecular weight is 1890 g/mol. The zero-order valence-electron chi connectivity index (χ0n) is 73.6. The van der Waals surface area contributed by atoms with Gasteiger partial charge in [-0.05, 0) is 139 Å². The third-order valence-corrected chi connectivity index (χ3v) is 25.0. The number of hydrogen-bond acceptors (Lipinski definition) is 22. The number of thioether (sulfide) groups is 2. The number of fused-ring (bicyclic) bond motifs is 5. The van der Waals surface area contributed by atoms with Crippen molar-refractivity contribution in [2.75, 3.05) is 38.2 Å². The van der Waals surface area contributed by atoms with Crippen LogP contribution in [0.2, 0.25) is 0 Å². The molecule has 6 heterocycles. The lowest BCUT2D eigenvalue weighted by Crippen LogP contribution is -2.61. The number of likely N-dealkylation sites (N-methyl/N-ethyl adjacent to an activating group) is 1. The molecule has 0 saturated carbocycles. The number of nitrogens with zero attached hydrogens (tertiary/aromatic N) is 5. The molecule has 1 fully saturated rings. The number of primary amides is 1. The van der Waals surface area contributed by atoms with Crippen molar-refractivity contribution in [3.63, 3.8) is 0 Å². The highest BCUT2D eigenvalue weighted by atomic mass is 32.2. The van der Waals surface area contributed by atoms with Crippen molar-refractivity contribution in [3.8, 4) is 5.75 Å². The molecular weight excluding hydrogens is 1780 g/mol. The molecule has 3 aromatic heterocycles. The first-order valence-corrected chi connectivity index (χ1v) is 45.9. The zero-order chi connectivity index (χ0) is 96.2.